The minimum absolute atomic E-state index is 0.161. The van der Waals surface area contributed by atoms with Crippen LogP contribution in [0.5, 0.6) is 0 Å². The molecule has 0 atom stereocenters. The summed E-state index contributed by atoms with van der Waals surface area (Å²) < 4.78 is 4.65. The zero-order valence-electron chi connectivity index (χ0n) is 12.5. The third kappa shape index (κ3) is 4.20. The van der Waals surface area contributed by atoms with Crippen molar-refractivity contribution >= 4 is 11.9 Å². The van der Waals surface area contributed by atoms with E-state index in [2.05, 4.69) is 9.64 Å². The first-order valence-electron chi connectivity index (χ1n) is 7.78. The molecule has 1 heterocycles. The fourth-order valence-corrected chi connectivity index (χ4v) is 3.15. The van der Waals surface area contributed by atoms with Crippen molar-refractivity contribution in [3.63, 3.8) is 0 Å². The van der Waals surface area contributed by atoms with Crippen LogP contribution in [0.25, 0.3) is 0 Å². The van der Waals surface area contributed by atoms with E-state index in [1.165, 1.54) is 26.4 Å². The van der Waals surface area contributed by atoms with Crippen LogP contribution in [0.4, 0.5) is 0 Å². The molecule has 1 amide bonds. The van der Waals surface area contributed by atoms with Crippen molar-refractivity contribution in [3.8, 4) is 0 Å². The Morgan fingerprint density at radius 1 is 1.05 bits per heavy atom. The van der Waals surface area contributed by atoms with Gasteiger partial charge in [0.05, 0.1) is 13.5 Å². The summed E-state index contributed by atoms with van der Waals surface area (Å²) in [6.45, 7) is 4.08. The predicted octanol–water partition coefficient (Wildman–Crippen LogP) is 1.27. The minimum Gasteiger partial charge on any atom is -0.469 e. The number of hydrogen-bond donors (Lipinski definition) is 0. The first-order valence-corrected chi connectivity index (χ1v) is 7.78. The second-order valence-corrected chi connectivity index (χ2v) is 5.83. The summed E-state index contributed by atoms with van der Waals surface area (Å²) in [5, 5.41) is 0. The first kappa shape index (κ1) is 15.3. The van der Waals surface area contributed by atoms with Crippen LogP contribution in [0, 0.1) is 5.92 Å². The number of ether oxygens (including phenoxy) is 1. The standard InChI is InChI=1S/C15H26N2O3/c1-20-14(18)7-8-16-9-11-17(12-10-16)15(19)13-5-3-2-4-6-13/h13H,2-12H2,1H3. The molecular weight excluding hydrogens is 256 g/mol. The Bertz CT molecular complexity index is 332. The van der Waals surface area contributed by atoms with Gasteiger partial charge in [-0.25, -0.2) is 0 Å². The van der Waals surface area contributed by atoms with Gasteiger partial charge in [0.2, 0.25) is 5.91 Å². The van der Waals surface area contributed by atoms with Gasteiger partial charge in [-0.1, -0.05) is 19.3 Å². The molecule has 2 aliphatic rings. The number of nitrogens with zero attached hydrogens (tertiary/aromatic N) is 2. The van der Waals surface area contributed by atoms with Crippen LogP contribution < -0.4 is 0 Å². The van der Waals surface area contributed by atoms with Crippen LogP contribution in [-0.2, 0) is 14.3 Å². The molecule has 114 valence electrons. The van der Waals surface area contributed by atoms with Crippen molar-refractivity contribution in [3.05, 3.63) is 0 Å². The van der Waals surface area contributed by atoms with E-state index in [0.717, 1.165) is 45.6 Å². The molecule has 20 heavy (non-hydrogen) atoms. The molecular formula is C15H26N2O3. The van der Waals surface area contributed by atoms with Gasteiger partial charge < -0.3 is 9.64 Å². The molecule has 0 N–H and O–H groups in total. The molecule has 0 unspecified atom stereocenters. The highest BCUT2D eigenvalue weighted by molar-refractivity contribution is 5.79. The molecule has 0 aromatic heterocycles. The Morgan fingerprint density at radius 3 is 2.30 bits per heavy atom. The van der Waals surface area contributed by atoms with Crippen LogP contribution in [0.3, 0.4) is 0 Å². The fraction of sp³-hybridized carbons (Fsp3) is 0.867. The zero-order chi connectivity index (χ0) is 14.4. The Kier molecular flexibility index (Phi) is 5.83. The lowest BCUT2D eigenvalue weighted by molar-refractivity contribution is -0.142. The molecule has 0 aromatic carbocycles. The molecule has 1 aliphatic heterocycles. The molecule has 1 saturated heterocycles. The summed E-state index contributed by atoms with van der Waals surface area (Å²) >= 11 is 0. The number of esters is 1. The van der Waals surface area contributed by atoms with Gasteiger partial charge in [0.15, 0.2) is 0 Å². The smallest absolute Gasteiger partial charge is 0.306 e. The molecule has 0 spiro atoms. The number of carbonyl (C=O) groups excluding carboxylic acids is 2. The average Bonchev–Trinajstić information content (AvgIpc) is 2.53. The number of amides is 1. The van der Waals surface area contributed by atoms with Crippen LogP contribution >= 0.6 is 0 Å². The van der Waals surface area contributed by atoms with Crippen LogP contribution in [-0.4, -0.2) is 61.5 Å². The molecule has 2 rings (SSSR count). The third-order valence-electron chi connectivity index (χ3n) is 4.50. The van der Waals surface area contributed by atoms with E-state index in [1.807, 2.05) is 4.90 Å². The minimum atomic E-state index is -0.161. The molecule has 1 aliphatic carbocycles. The quantitative estimate of drug-likeness (QED) is 0.729. The second-order valence-electron chi connectivity index (χ2n) is 5.83. The Hall–Kier alpha value is -1.10. The van der Waals surface area contributed by atoms with Gasteiger partial charge in [-0.2, -0.15) is 0 Å². The highest BCUT2D eigenvalue weighted by Crippen LogP contribution is 2.25. The van der Waals surface area contributed by atoms with E-state index in [0.29, 0.717) is 12.3 Å². The lowest BCUT2D eigenvalue weighted by Gasteiger charge is -2.37. The van der Waals surface area contributed by atoms with Gasteiger partial charge in [0.25, 0.3) is 0 Å². The van der Waals surface area contributed by atoms with Crippen molar-refractivity contribution < 1.29 is 14.3 Å². The summed E-state index contributed by atoms with van der Waals surface area (Å²) in [6, 6.07) is 0. The molecule has 5 nitrogen and oxygen atoms in total. The van der Waals surface area contributed by atoms with Crippen molar-refractivity contribution in [1.29, 1.82) is 0 Å². The van der Waals surface area contributed by atoms with E-state index in [1.54, 1.807) is 0 Å². The average molecular weight is 282 g/mol. The van der Waals surface area contributed by atoms with Crippen LogP contribution in [0.2, 0.25) is 0 Å². The van der Waals surface area contributed by atoms with Gasteiger partial charge in [0, 0.05) is 38.6 Å². The molecule has 1 saturated carbocycles. The monoisotopic (exact) mass is 282 g/mol. The fourth-order valence-electron chi connectivity index (χ4n) is 3.15. The zero-order valence-corrected chi connectivity index (χ0v) is 12.5. The van der Waals surface area contributed by atoms with Gasteiger partial charge in [-0.05, 0) is 12.8 Å². The summed E-state index contributed by atoms with van der Waals surface area (Å²) in [6.07, 6.45) is 6.27. The van der Waals surface area contributed by atoms with E-state index in [-0.39, 0.29) is 11.9 Å². The topological polar surface area (TPSA) is 49.9 Å². The molecule has 0 aromatic rings. The van der Waals surface area contributed by atoms with E-state index in [9.17, 15) is 9.59 Å². The summed E-state index contributed by atoms with van der Waals surface area (Å²) in [5.41, 5.74) is 0. The molecule has 2 fully saturated rings. The lowest BCUT2D eigenvalue weighted by Crippen LogP contribution is -2.50. The second kappa shape index (κ2) is 7.62. The normalized spacial score (nSPS) is 21.8. The van der Waals surface area contributed by atoms with Crippen molar-refractivity contribution in [2.75, 3.05) is 39.8 Å². The van der Waals surface area contributed by atoms with E-state index in [4.69, 9.17) is 0 Å². The predicted molar refractivity (Wildman–Crippen MR) is 76.2 cm³/mol. The Balaban J connectivity index is 1.70. The number of hydrogen-bond acceptors (Lipinski definition) is 4. The van der Waals surface area contributed by atoms with Gasteiger partial charge >= 0.3 is 5.97 Å². The van der Waals surface area contributed by atoms with Crippen molar-refractivity contribution in [1.82, 2.24) is 9.80 Å². The number of carbonyl (C=O) groups is 2. The summed E-state index contributed by atoms with van der Waals surface area (Å²) in [4.78, 5) is 27.8. The Morgan fingerprint density at radius 2 is 1.70 bits per heavy atom. The lowest BCUT2D eigenvalue weighted by atomic mass is 9.88. The van der Waals surface area contributed by atoms with E-state index >= 15 is 0 Å². The maximum absolute atomic E-state index is 12.4. The van der Waals surface area contributed by atoms with Crippen molar-refractivity contribution in [2.24, 2.45) is 5.92 Å². The van der Waals surface area contributed by atoms with Gasteiger partial charge in [0.1, 0.15) is 0 Å². The number of rotatable bonds is 4. The van der Waals surface area contributed by atoms with Gasteiger partial charge in [-0.3, -0.25) is 14.5 Å². The Labute approximate surface area is 121 Å². The first-order chi connectivity index (χ1) is 9.70. The number of piperazine rings is 1. The summed E-state index contributed by atoms with van der Waals surface area (Å²) in [5.74, 6) is 0.466. The van der Waals surface area contributed by atoms with Crippen LogP contribution in [0.1, 0.15) is 38.5 Å². The van der Waals surface area contributed by atoms with Crippen LogP contribution in [0.15, 0.2) is 0 Å². The summed E-state index contributed by atoms with van der Waals surface area (Å²) in [7, 11) is 1.42. The van der Waals surface area contributed by atoms with Gasteiger partial charge in [-0.15, -0.1) is 0 Å². The highest BCUT2D eigenvalue weighted by atomic mass is 16.5. The molecule has 0 radical (unpaired) electrons. The third-order valence-corrected chi connectivity index (χ3v) is 4.50. The number of methoxy groups -OCH3 is 1. The van der Waals surface area contributed by atoms with Crippen molar-refractivity contribution in [2.45, 2.75) is 38.5 Å². The largest absolute Gasteiger partial charge is 0.469 e. The maximum atomic E-state index is 12.4. The van der Waals surface area contributed by atoms with E-state index < -0.39 is 0 Å². The molecule has 0 bridgehead atoms. The SMILES string of the molecule is COC(=O)CCN1CCN(C(=O)C2CCCCC2)CC1. The highest BCUT2D eigenvalue weighted by Gasteiger charge is 2.28. The molecule has 5 heteroatoms. The maximum Gasteiger partial charge on any atom is 0.306 e.